The quantitative estimate of drug-likeness (QED) is 0.443. The monoisotopic (exact) mass is 223 g/mol. The predicted octanol–water partition coefficient (Wildman–Crippen LogP) is -2.17. The van der Waals surface area contributed by atoms with Crippen molar-refractivity contribution in [3.8, 4) is 0 Å². The summed E-state index contributed by atoms with van der Waals surface area (Å²) >= 11 is 0. The van der Waals surface area contributed by atoms with Gasteiger partial charge in [0, 0.05) is 32.7 Å². The minimum Gasteiger partial charge on any atom is -1.00 e. The summed E-state index contributed by atoms with van der Waals surface area (Å²) in [5.74, 6) is 0. The maximum atomic E-state index is 2.92. The summed E-state index contributed by atoms with van der Waals surface area (Å²) in [6.45, 7) is 0. The molecule has 0 fully saturated rings. The van der Waals surface area contributed by atoms with Crippen molar-refractivity contribution in [1.82, 2.24) is 4.57 Å². The van der Waals surface area contributed by atoms with Crippen LogP contribution < -0.4 is 17.0 Å². The van der Waals surface area contributed by atoms with Gasteiger partial charge in [-0.3, -0.25) is 0 Å². The smallest absolute Gasteiger partial charge is 0.0645 e. The van der Waals surface area contributed by atoms with E-state index < -0.39 is 0 Å². The molecule has 0 N–H and O–H groups in total. The van der Waals surface area contributed by atoms with Crippen LogP contribution in [0.25, 0.3) is 0 Å². The second-order valence-corrected chi connectivity index (χ2v) is 1.25. The summed E-state index contributed by atoms with van der Waals surface area (Å²) in [5, 5.41) is 0. The molecule has 8 heavy (non-hydrogen) atoms. The van der Waals surface area contributed by atoms with Crippen LogP contribution in [0, 0.1) is 6.20 Å². The van der Waals surface area contributed by atoms with Crippen LogP contribution in [0.1, 0.15) is 0 Å². The van der Waals surface area contributed by atoms with Crippen LogP contribution in [-0.2, 0) is 26.5 Å². The molecule has 0 bridgehead atoms. The predicted molar refractivity (Wildman–Crippen MR) is 24.2 cm³/mol. The molecule has 0 saturated carbocycles. The number of halogens is 1. The molecule has 0 atom stereocenters. The first-order valence-electron chi connectivity index (χ1n) is 1.88. The number of nitrogens with zero attached hydrogens (tertiary/aromatic N) is 1. The molecular weight excluding hydrogens is 219 g/mol. The molecule has 41 valence electrons. The SMILES string of the molecule is Cn1[c]ccc1.[Br-].[Zn]. The van der Waals surface area contributed by atoms with Gasteiger partial charge in [-0.1, -0.05) is 0 Å². The molecule has 1 aromatic rings. The second-order valence-electron chi connectivity index (χ2n) is 1.25. The number of aryl methyl sites for hydroxylation is 1. The number of rotatable bonds is 0. The Morgan fingerprint density at radius 2 is 2.12 bits per heavy atom. The van der Waals surface area contributed by atoms with E-state index >= 15 is 0 Å². The van der Waals surface area contributed by atoms with E-state index in [1.54, 1.807) is 0 Å². The van der Waals surface area contributed by atoms with Crippen molar-refractivity contribution in [3.05, 3.63) is 24.5 Å². The fourth-order valence-corrected chi connectivity index (χ4v) is 0.376. The van der Waals surface area contributed by atoms with E-state index in [2.05, 4.69) is 6.20 Å². The van der Waals surface area contributed by atoms with Crippen molar-refractivity contribution >= 4 is 0 Å². The van der Waals surface area contributed by atoms with E-state index in [4.69, 9.17) is 0 Å². The molecule has 0 aromatic carbocycles. The van der Waals surface area contributed by atoms with Gasteiger partial charge in [0.05, 0.1) is 6.20 Å². The number of hydrogen-bond donors (Lipinski definition) is 0. The van der Waals surface area contributed by atoms with Crippen LogP contribution in [0.15, 0.2) is 18.3 Å². The Bertz CT molecular complexity index is 116. The molecule has 3 heteroatoms. The molecule has 0 aliphatic carbocycles. The van der Waals surface area contributed by atoms with E-state index in [0.717, 1.165) is 0 Å². The zero-order chi connectivity index (χ0) is 4.41. The third-order valence-corrected chi connectivity index (χ3v) is 0.684. The van der Waals surface area contributed by atoms with Gasteiger partial charge in [-0.2, -0.15) is 0 Å². The Morgan fingerprint density at radius 1 is 1.50 bits per heavy atom. The maximum Gasteiger partial charge on any atom is 0.0645 e. The average Bonchev–Trinajstić information content (AvgIpc) is 1.86. The molecule has 0 unspecified atom stereocenters. The molecule has 0 aliphatic heterocycles. The minimum atomic E-state index is 0. The van der Waals surface area contributed by atoms with E-state index in [9.17, 15) is 0 Å². The van der Waals surface area contributed by atoms with Crippen LogP contribution in [0.5, 0.6) is 0 Å². The first kappa shape index (κ1) is 11.2. The molecule has 0 saturated heterocycles. The van der Waals surface area contributed by atoms with Crippen LogP contribution >= 0.6 is 0 Å². The standard InChI is InChI=1S/C5H6N.BrH.Zn/c1-6-4-2-3-5-6;;/h2-4H,1H3;1H;/p-1. The zero-order valence-electron chi connectivity index (χ0n) is 4.76. The molecule has 0 aliphatic rings. The van der Waals surface area contributed by atoms with E-state index in [1.165, 1.54) is 0 Å². The molecule has 1 rings (SSSR count). The van der Waals surface area contributed by atoms with E-state index in [0.29, 0.717) is 0 Å². The third kappa shape index (κ3) is 3.39. The van der Waals surface area contributed by atoms with Gasteiger partial charge in [-0.05, 0) is 12.1 Å². The number of aromatic nitrogens is 1. The largest absolute Gasteiger partial charge is 1.00 e. The molecule has 1 nitrogen and oxygen atoms in total. The Labute approximate surface area is 72.6 Å². The van der Waals surface area contributed by atoms with Crippen molar-refractivity contribution < 1.29 is 36.5 Å². The first-order valence-corrected chi connectivity index (χ1v) is 1.88. The number of hydrogen-bond acceptors (Lipinski definition) is 0. The first-order chi connectivity index (χ1) is 2.89. The summed E-state index contributed by atoms with van der Waals surface area (Å²) in [7, 11) is 1.94. The van der Waals surface area contributed by atoms with Gasteiger partial charge in [-0.15, -0.1) is 0 Å². The van der Waals surface area contributed by atoms with Gasteiger partial charge in [0.25, 0.3) is 0 Å². The fraction of sp³-hybridized carbons (Fsp3) is 0.200. The summed E-state index contributed by atoms with van der Waals surface area (Å²) in [6, 6.07) is 3.82. The Morgan fingerprint density at radius 3 is 2.25 bits per heavy atom. The molecular formula is C5H6BrNZn-. The molecule has 0 amide bonds. The van der Waals surface area contributed by atoms with E-state index in [1.807, 2.05) is 29.9 Å². The van der Waals surface area contributed by atoms with Gasteiger partial charge < -0.3 is 21.5 Å². The van der Waals surface area contributed by atoms with Gasteiger partial charge in [0.15, 0.2) is 0 Å². The van der Waals surface area contributed by atoms with Gasteiger partial charge in [-0.25, -0.2) is 0 Å². The van der Waals surface area contributed by atoms with Crippen LogP contribution in [0.2, 0.25) is 0 Å². The molecule has 1 radical (unpaired) electrons. The zero-order valence-corrected chi connectivity index (χ0v) is 9.32. The maximum absolute atomic E-state index is 2.92. The topological polar surface area (TPSA) is 4.93 Å². The fourth-order valence-electron chi connectivity index (χ4n) is 0.376. The molecule has 1 heterocycles. The Kier molecular flexibility index (Phi) is 7.74. The Hall–Kier alpha value is 0.383. The van der Waals surface area contributed by atoms with Gasteiger partial charge >= 0.3 is 0 Å². The van der Waals surface area contributed by atoms with Crippen molar-refractivity contribution in [2.45, 2.75) is 0 Å². The molecule has 0 spiro atoms. The van der Waals surface area contributed by atoms with Crippen molar-refractivity contribution in [2.75, 3.05) is 0 Å². The summed E-state index contributed by atoms with van der Waals surface area (Å²) < 4.78 is 1.88. The second kappa shape index (κ2) is 5.52. The summed E-state index contributed by atoms with van der Waals surface area (Å²) in [5.41, 5.74) is 0. The van der Waals surface area contributed by atoms with Gasteiger partial charge in [0.2, 0.25) is 0 Å². The Balaban J connectivity index is 0. The summed E-state index contributed by atoms with van der Waals surface area (Å²) in [4.78, 5) is 0. The van der Waals surface area contributed by atoms with Crippen molar-refractivity contribution in [2.24, 2.45) is 7.05 Å². The average molecular weight is 225 g/mol. The van der Waals surface area contributed by atoms with Crippen LogP contribution in [0.4, 0.5) is 0 Å². The van der Waals surface area contributed by atoms with E-state index in [-0.39, 0.29) is 36.5 Å². The van der Waals surface area contributed by atoms with Crippen molar-refractivity contribution in [1.29, 1.82) is 0 Å². The third-order valence-electron chi connectivity index (χ3n) is 0.684. The summed E-state index contributed by atoms with van der Waals surface area (Å²) in [6.07, 6.45) is 4.86. The van der Waals surface area contributed by atoms with Crippen LogP contribution in [-0.4, -0.2) is 4.57 Å². The minimum absolute atomic E-state index is 0. The van der Waals surface area contributed by atoms with Crippen LogP contribution in [0.3, 0.4) is 0 Å². The normalized spacial score (nSPS) is 6.62. The van der Waals surface area contributed by atoms with Gasteiger partial charge in [0.1, 0.15) is 0 Å². The molecule has 1 aromatic heterocycles. The van der Waals surface area contributed by atoms with Crippen molar-refractivity contribution in [3.63, 3.8) is 0 Å².